The van der Waals surface area contributed by atoms with Crippen LogP contribution in [0.5, 0.6) is 0 Å². The van der Waals surface area contributed by atoms with E-state index in [1.165, 1.54) is 10.1 Å². The van der Waals surface area contributed by atoms with Crippen LogP contribution in [-0.2, 0) is 0 Å². The maximum atomic E-state index is 14.5. The van der Waals surface area contributed by atoms with Crippen LogP contribution in [0, 0.1) is 5.82 Å². The van der Waals surface area contributed by atoms with E-state index in [0.717, 1.165) is 12.1 Å². The number of rotatable bonds is 4. The Hall–Kier alpha value is -1.23. The van der Waals surface area contributed by atoms with Crippen molar-refractivity contribution in [3.05, 3.63) is 69.3 Å². The molecule has 2 aromatic carbocycles. The summed E-state index contributed by atoms with van der Waals surface area (Å²) in [4.78, 5) is 0. The van der Waals surface area contributed by atoms with Gasteiger partial charge in [-0.1, -0.05) is 37.3 Å². The minimum absolute atomic E-state index is 0.144. The number of hydrogen-bond acceptors (Lipinski definition) is 2. The van der Waals surface area contributed by atoms with Gasteiger partial charge < -0.3 is 5.32 Å². The summed E-state index contributed by atoms with van der Waals surface area (Å²) in [6, 6.07) is 13.6. The highest BCUT2D eigenvalue weighted by Crippen LogP contribution is 2.34. The molecule has 1 heterocycles. The molecule has 0 aliphatic heterocycles. The molecule has 108 valence electrons. The van der Waals surface area contributed by atoms with E-state index in [0.29, 0.717) is 10.0 Å². The van der Waals surface area contributed by atoms with E-state index in [1.807, 2.05) is 25.1 Å². The Labute approximate surface area is 135 Å². The predicted octanol–water partition coefficient (Wildman–Crippen LogP) is 5.50. The predicted molar refractivity (Wildman–Crippen MR) is 91.4 cm³/mol. The highest BCUT2D eigenvalue weighted by Gasteiger charge is 2.20. The summed E-state index contributed by atoms with van der Waals surface area (Å²) >= 11 is 4.98. The Morgan fingerprint density at radius 1 is 1.14 bits per heavy atom. The molecule has 0 saturated carbocycles. The molecule has 0 spiro atoms. The van der Waals surface area contributed by atoms with Crippen molar-refractivity contribution in [2.45, 2.75) is 13.0 Å². The Morgan fingerprint density at radius 3 is 2.71 bits per heavy atom. The molecule has 0 fully saturated rings. The zero-order valence-electron chi connectivity index (χ0n) is 11.6. The summed E-state index contributed by atoms with van der Waals surface area (Å²) < 4.78 is 16.2. The maximum Gasteiger partial charge on any atom is 0.142 e. The minimum atomic E-state index is -0.197. The van der Waals surface area contributed by atoms with Crippen LogP contribution in [0.15, 0.2) is 52.3 Å². The van der Waals surface area contributed by atoms with Crippen molar-refractivity contribution in [1.29, 1.82) is 0 Å². The van der Waals surface area contributed by atoms with Crippen LogP contribution >= 0.6 is 27.3 Å². The van der Waals surface area contributed by atoms with Crippen molar-refractivity contribution in [3.63, 3.8) is 0 Å². The van der Waals surface area contributed by atoms with E-state index in [4.69, 9.17) is 0 Å². The molecule has 1 atom stereocenters. The van der Waals surface area contributed by atoms with Gasteiger partial charge in [0, 0.05) is 10.3 Å². The second-order valence-corrected chi connectivity index (χ2v) is 6.59. The van der Waals surface area contributed by atoms with Gasteiger partial charge in [-0.05, 0) is 50.9 Å². The molecule has 0 radical (unpaired) electrons. The highest BCUT2D eigenvalue weighted by molar-refractivity contribution is 9.10. The molecule has 3 aromatic rings. The Kier molecular flexibility index (Phi) is 4.38. The number of nitrogens with one attached hydrogen (secondary N) is 1. The first-order chi connectivity index (χ1) is 10.2. The first-order valence-electron chi connectivity index (χ1n) is 6.85. The fourth-order valence-corrected chi connectivity index (χ4v) is 3.90. The van der Waals surface area contributed by atoms with Crippen LogP contribution < -0.4 is 5.32 Å². The van der Waals surface area contributed by atoms with Crippen LogP contribution in [0.25, 0.3) is 10.1 Å². The number of thiophene rings is 1. The second kappa shape index (κ2) is 6.26. The molecule has 4 heteroatoms. The third kappa shape index (κ3) is 2.76. The van der Waals surface area contributed by atoms with Gasteiger partial charge in [0.1, 0.15) is 5.82 Å². The number of fused-ring (bicyclic) bond motifs is 1. The van der Waals surface area contributed by atoms with Crippen LogP contribution in [-0.4, -0.2) is 6.54 Å². The van der Waals surface area contributed by atoms with E-state index in [2.05, 4.69) is 44.8 Å². The molecule has 0 saturated heterocycles. The van der Waals surface area contributed by atoms with Crippen molar-refractivity contribution in [2.75, 3.05) is 6.54 Å². The van der Waals surface area contributed by atoms with E-state index in [1.54, 1.807) is 17.4 Å². The van der Waals surface area contributed by atoms with Gasteiger partial charge in [0.05, 0.1) is 10.5 Å². The molecule has 0 aliphatic rings. The van der Waals surface area contributed by atoms with Gasteiger partial charge >= 0.3 is 0 Å². The number of benzene rings is 2. The monoisotopic (exact) mass is 363 g/mol. The quantitative estimate of drug-likeness (QED) is 0.644. The lowest BCUT2D eigenvalue weighted by Gasteiger charge is -2.20. The van der Waals surface area contributed by atoms with E-state index >= 15 is 0 Å². The molecule has 1 N–H and O–H groups in total. The third-order valence-electron chi connectivity index (χ3n) is 3.52. The van der Waals surface area contributed by atoms with Gasteiger partial charge in [-0.2, -0.15) is 0 Å². The first-order valence-corrected chi connectivity index (χ1v) is 8.53. The average Bonchev–Trinajstić information content (AvgIpc) is 2.97. The topological polar surface area (TPSA) is 12.0 Å². The normalized spacial score (nSPS) is 12.7. The largest absolute Gasteiger partial charge is 0.306 e. The van der Waals surface area contributed by atoms with E-state index < -0.39 is 0 Å². The first kappa shape index (κ1) is 14.7. The van der Waals surface area contributed by atoms with E-state index in [-0.39, 0.29) is 11.9 Å². The summed E-state index contributed by atoms with van der Waals surface area (Å²) in [7, 11) is 0. The molecular weight excluding hydrogens is 349 g/mol. The number of halogens is 2. The summed E-state index contributed by atoms with van der Waals surface area (Å²) in [5, 5.41) is 6.69. The summed E-state index contributed by atoms with van der Waals surface area (Å²) in [6.07, 6.45) is 0. The fraction of sp³-hybridized carbons (Fsp3) is 0.176. The molecule has 3 rings (SSSR count). The molecule has 0 bridgehead atoms. The standard InChI is InChI=1S/C17H15BrFNS/c1-2-20-16(12-6-4-8-14(18)15(12)19)13-7-3-5-11-9-10-21-17(11)13/h3-10,16,20H,2H2,1H3. The van der Waals surface area contributed by atoms with Gasteiger partial charge in [-0.25, -0.2) is 4.39 Å². The lowest BCUT2D eigenvalue weighted by atomic mass is 9.97. The molecule has 1 aromatic heterocycles. The van der Waals surface area contributed by atoms with E-state index in [9.17, 15) is 4.39 Å². The SMILES string of the molecule is CCNC(c1cccc(Br)c1F)c1cccc2ccsc12. The molecule has 0 amide bonds. The fourth-order valence-electron chi connectivity index (χ4n) is 2.58. The summed E-state index contributed by atoms with van der Waals surface area (Å²) in [5.41, 5.74) is 1.80. The Bertz CT molecular complexity index is 768. The molecule has 21 heavy (non-hydrogen) atoms. The summed E-state index contributed by atoms with van der Waals surface area (Å²) in [5.74, 6) is -0.197. The van der Waals surface area contributed by atoms with Crippen LogP contribution in [0.1, 0.15) is 24.1 Å². The van der Waals surface area contributed by atoms with Gasteiger partial charge in [-0.3, -0.25) is 0 Å². The van der Waals surface area contributed by atoms with Gasteiger partial charge in [-0.15, -0.1) is 11.3 Å². The number of hydrogen-bond donors (Lipinski definition) is 1. The van der Waals surface area contributed by atoms with Crippen LogP contribution in [0.2, 0.25) is 0 Å². The minimum Gasteiger partial charge on any atom is -0.306 e. The van der Waals surface area contributed by atoms with Crippen molar-refractivity contribution < 1.29 is 4.39 Å². The zero-order valence-corrected chi connectivity index (χ0v) is 14.0. The lowest BCUT2D eigenvalue weighted by molar-refractivity contribution is 0.557. The molecule has 1 nitrogen and oxygen atoms in total. The molecule has 0 aliphatic carbocycles. The second-order valence-electron chi connectivity index (χ2n) is 4.82. The van der Waals surface area contributed by atoms with Crippen molar-refractivity contribution in [1.82, 2.24) is 5.32 Å². The van der Waals surface area contributed by atoms with Crippen molar-refractivity contribution in [3.8, 4) is 0 Å². The smallest absolute Gasteiger partial charge is 0.142 e. The van der Waals surface area contributed by atoms with Gasteiger partial charge in [0.2, 0.25) is 0 Å². The van der Waals surface area contributed by atoms with Gasteiger partial charge in [0.15, 0.2) is 0 Å². The Morgan fingerprint density at radius 2 is 1.90 bits per heavy atom. The third-order valence-corrected chi connectivity index (χ3v) is 5.11. The lowest BCUT2D eigenvalue weighted by Crippen LogP contribution is -2.23. The summed E-state index contributed by atoms with van der Waals surface area (Å²) in [6.45, 7) is 2.82. The zero-order chi connectivity index (χ0) is 14.8. The van der Waals surface area contributed by atoms with Crippen molar-refractivity contribution in [2.24, 2.45) is 0 Å². The maximum absolute atomic E-state index is 14.5. The average molecular weight is 364 g/mol. The van der Waals surface area contributed by atoms with Crippen molar-refractivity contribution >= 4 is 37.4 Å². The molecule has 1 unspecified atom stereocenters. The van der Waals surface area contributed by atoms with Crippen LogP contribution in [0.3, 0.4) is 0 Å². The van der Waals surface area contributed by atoms with Gasteiger partial charge in [0.25, 0.3) is 0 Å². The Balaban J connectivity index is 2.18. The molecular formula is C17H15BrFNS. The van der Waals surface area contributed by atoms with Crippen LogP contribution in [0.4, 0.5) is 4.39 Å². The highest BCUT2D eigenvalue weighted by atomic mass is 79.9.